The number of nitrogens with one attached hydrogen (secondary N) is 1. The van der Waals surface area contributed by atoms with Gasteiger partial charge < -0.3 is 9.84 Å². The molecule has 0 aromatic carbocycles. The molecular weight excluding hydrogens is 246 g/mol. The van der Waals surface area contributed by atoms with Crippen LogP contribution >= 0.6 is 0 Å². The molecule has 104 valence electrons. The Morgan fingerprint density at radius 2 is 2.00 bits per heavy atom. The fourth-order valence-electron chi connectivity index (χ4n) is 1.61. The lowest BCUT2D eigenvalue weighted by Crippen LogP contribution is -2.27. The molecule has 1 aromatic heterocycles. The lowest BCUT2D eigenvalue weighted by atomic mass is 10.1. The van der Waals surface area contributed by atoms with Gasteiger partial charge in [-0.25, -0.2) is 14.8 Å². The number of carbonyl (C=O) groups is 1. The zero-order chi connectivity index (χ0) is 14.1. The van der Waals surface area contributed by atoms with Gasteiger partial charge in [0.1, 0.15) is 5.60 Å². The Balaban J connectivity index is 1.89. The second-order valence-electron chi connectivity index (χ2n) is 5.94. The highest BCUT2D eigenvalue weighted by atomic mass is 16.6. The molecule has 0 radical (unpaired) electrons. The van der Waals surface area contributed by atoms with Crippen molar-refractivity contribution in [3.63, 3.8) is 0 Å². The third-order valence-electron chi connectivity index (χ3n) is 2.68. The standard InChI is InChI=1S/C13H19N3O3/c1-12(2,3)19-11(17)16-10-14-7-9(8-15-10)6-13(18)4-5-13/h7-8,18H,4-6H2,1-3H3,(H,14,15,16,17). The average Bonchev–Trinajstić information content (AvgIpc) is 2.96. The predicted molar refractivity (Wildman–Crippen MR) is 69.8 cm³/mol. The van der Waals surface area contributed by atoms with Crippen LogP contribution in [0, 0.1) is 0 Å². The summed E-state index contributed by atoms with van der Waals surface area (Å²) < 4.78 is 5.09. The van der Waals surface area contributed by atoms with Gasteiger partial charge in [-0.05, 0) is 39.2 Å². The van der Waals surface area contributed by atoms with Gasteiger partial charge in [0, 0.05) is 18.8 Å². The topological polar surface area (TPSA) is 84.3 Å². The number of carbonyl (C=O) groups excluding carboxylic acids is 1. The molecule has 1 heterocycles. The quantitative estimate of drug-likeness (QED) is 0.871. The van der Waals surface area contributed by atoms with Crippen molar-refractivity contribution in [2.75, 3.05) is 5.32 Å². The summed E-state index contributed by atoms with van der Waals surface area (Å²) >= 11 is 0. The lowest BCUT2D eigenvalue weighted by molar-refractivity contribution is 0.0634. The average molecular weight is 265 g/mol. The number of anilines is 1. The summed E-state index contributed by atoms with van der Waals surface area (Å²) in [7, 11) is 0. The maximum Gasteiger partial charge on any atom is 0.414 e. The van der Waals surface area contributed by atoms with Crippen LogP contribution < -0.4 is 5.32 Å². The van der Waals surface area contributed by atoms with Crippen LogP contribution in [0.1, 0.15) is 39.2 Å². The number of amides is 1. The van der Waals surface area contributed by atoms with Gasteiger partial charge in [-0.1, -0.05) is 0 Å². The smallest absolute Gasteiger partial charge is 0.414 e. The molecule has 19 heavy (non-hydrogen) atoms. The van der Waals surface area contributed by atoms with Gasteiger partial charge >= 0.3 is 6.09 Å². The van der Waals surface area contributed by atoms with E-state index in [0.717, 1.165) is 18.4 Å². The van der Waals surface area contributed by atoms with E-state index in [0.29, 0.717) is 6.42 Å². The molecule has 1 amide bonds. The van der Waals surface area contributed by atoms with E-state index in [1.165, 1.54) is 0 Å². The summed E-state index contributed by atoms with van der Waals surface area (Å²) in [6.07, 6.45) is 4.84. The van der Waals surface area contributed by atoms with Gasteiger partial charge in [-0.15, -0.1) is 0 Å². The zero-order valence-electron chi connectivity index (χ0n) is 11.4. The first kappa shape index (κ1) is 13.7. The second kappa shape index (κ2) is 4.77. The number of hydrogen-bond acceptors (Lipinski definition) is 5. The third kappa shape index (κ3) is 4.48. The highest BCUT2D eigenvalue weighted by Gasteiger charge is 2.40. The monoisotopic (exact) mass is 265 g/mol. The van der Waals surface area contributed by atoms with Crippen molar-refractivity contribution in [1.82, 2.24) is 9.97 Å². The van der Waals surface area contributed by atoms with Crippen molar-refractivity contribution in [3.8, 4) is 0 Å². The van der Waals surface area contributed by atoms with Gasteiger partial charge in [-0.3, -0.25) is 5.32 Å². The third-order valence-corrected chi connectivity index (χ3v) is 2.68. The minimum atomic E-state index is -0.582. The fourth-order valence-corrected chi connectivity index (χ4v) is 1.61. The number of ether oxygens (including phenoxy) is 1. The normalized spacial score (nSPS) is 16.8. The molecule has 0 spiro atoms. The molecule has 0 saturated heterocycles. The minimum Gasteiger partial charge on any atom is -0.444 e. The number of aliphatic hydroxyl groups is 1. The van der Waals surface area contributed by atoms with Gasteiger partial charge in [0.15, 0.2) is 0 Å². The highest BCUT2D eigenvalue weighted by molar-refractivity contribution is 5.82. The predicted octanol–water partition coefficient (Wildman–Crippen LogP) is 1.89. The molecule has 2 N–H and O–H groups in total. The molecule has 2 rings (SSSR count). The molecule has 0 bridgehead atoms. The largest absolute Gasteiger partial charge is 0.444 e. The molecule has 6 nitrogen and oxygen atoms in total. The second-order valence-corrected chi connectivity index (χ2v) is 5.94. The molecule has 0 aliphatic heterocycles. The van der Waals surface area contributed by atoms with Crippen molar-refractivity contribution in [2.24, 2.45) is 0 Å². The van der Waals surface area contributed by atoms with Crippen LogP contribution in [-0.4, -0.2) is 32.4 Å². The molecule has 1 fully saturated rings. The van der Waals surface area contributed by atoms with E-state index < -0.39 is 17.3 Å². The number of rotatable bonds is 3. The first-order valence-corrected chi connectivity index (χ1v) is 6.29. The zero-order valence-corrected chi connectivity index (χ0v) is 11.4. The van der Waals surface area contributed by atoms with E-state index in [-0.39, 0.29) is 5.95 Å². The number of aromatic nitrogens is 2. The maximum atomic E-state index is 11.5. The van der Waals surface area contributed by atoms with E-state index in [1.54, 1.807) is 33.2 Å². The van der Waals surface area contributed by atoms with Crippen molar-refractivity contribution in [3.05, 3.63) is 18.0 Å². The number of nitrogens with zero attached hydrogens (tertiary/aromatic N) is 2. The van der Waals surface area contributed by atoms with E-state index >= 15 is 0 Å². The van der Waals surface area contributed by atoms with Crippen molar-refractivity contribution < 1.29 is 14.6 Å². The van der Waals surface area contributed by atoms with Gasteiger partial charge in [-0.2, -0.15) is 0 Å². The molecule has 1 aliphatic rings. The van der Waals surface area contributed by atoms with Crippen molar-refractivity contribution in [1.29, 1.82) is 0 Å². The number of hydrogen-bond donors (Lipinski definition) is 2. The summed E-state index contributed by atoms with van der Waals surface area (Å²) in [6.45, 7) is 5.35. The molecule has 0 unspecified atom stereocenters. The Bertz CT molecular complexity index is 461. The molecular formula is C13H19N3O3. The Hall–Kier alpha value is -1.69. The van der Waals surface area contributed by atoms with Crippen LogP contribution in [0.3, 0.4) is 0 Å². The van der Waals surface area contributed by atoms with Crippen molar-refractivity contribution in [2.45, 2.75) is 51.2 Å². The first-order chi connectivity index (χ1) is 8.76. The maximum absolute atomic E-state index is 11.5. The molecule has 1 saturated carbocycles. The van der Waals surface area contributed by atoms with Crippen LogP contribution in [-0.2, 0) is 11.2 Å². The van der Waals surface area contributed by atoms with E-state index in [2.05, 4.69) is 15.3 Å². The van der Waals surface area contributed by atoms with Crippen LogP contribution in [0.15, 0.2) is 12.4 Å². The van der Waals surface area contributed by atoms with Gasteiger partial charge in [0.25, 0.3) is 0 Å². The summed E-state index contributed by atoms with van der Waals surface area (Å²) in [5.41, 5.74) is -0.266. The van der Waals surface area contributed by atoms with Gasteiger partial charge in [0.05, 0.1) is 5.60 Å². The summed E-state index contributed by atoms with van der Waals surface area (Å²) in [4.78, 5) is 19.6. The Morgan fingerprint density at radius 1 is 1.42 bits per heavy atom. The Labute approximate surface area is 112 Å². The van der Waals surface area contributed by atoms with Crippen LogP contribution in [0.5, 0.6) is 0 Å². The Kier molecular flexibility index (Phi) is 3.45. The minimum absolute atomic E-state index is 0.195. The van der Waals surface area contributed by atoms with Crippen LogP contribution in [0.25, 0.3) is 0 Å². The van der Waals surface area contributed by atoms with Crippen LogP contribution in [0.2, 0.25) is 0 Å². The molecule has 6 heteroatoms. The van der Waals surface area contributed by atoms with E-state index in [1.807, 2.05) is 0 Å². The SMILES string of the molecule is CC(C)(C)OC(=O)Nc1ncc(CC2(O)CC2)cn1. The first-order valence-electron chi connectivity index (χ1n) is 6.29. The fraction of sp³-hybridized carbons (Fsp3) is 0.615. The van der Waals surface area contributed by atoms with E-state index in [4.69, 9.17) is 4.74 Å². The molecule has 0 atom stereocenters. The van der Waals surface area contributed by atoms with Crippen LogP contribution in [0.4, 0.5) is 10.7 Å². The molecule has 1 aliphatic carbocycles. The van der Waals surface area contributed by atoms with E-state index in [9.17, 15) is 9.90 Å². The Morgan fingerprint density at radius 3 is 2.47 bits per heavy atom. The van der Waals surface area contributed by atoms with Gasteiger partial charge in [0.2, 0.25) is 5.95 Å². The molecule has 1 aromatic rings. The lowest BCUT2D eigenvalue weighted by Gasteiger charge is -2.19. The summed E-state index contributed by atoms with van der Waals surface area (Å²) in [6, 6.07) is 0. The highest BCUT2D eigenvalue weighted by Crippen LogP contribution is 2.37. The summed E-state index contributed by atoms with van der Waals surface area (Å²) in [5.74, 6) is 0.195. The summed E-state index contributed by atoms with van der Waals surface area (Å²) in [5, 5.41) is 12.2. The van der Waals surface area contributed by atoms with Crippen molar-refractivity contribution >= 4 is 12.0 Å².